The molecule has 0 N–H and O–H groups in total. The number of hydrogen-bond donors (Lipinski definition) is 0. The summed E-state index contributed by atoms with van der Waals surface area (Å²) >= 11 is 0. The van der Waals surface area contributed by atoms with E-state index in [4.69, 9.17) is 0 Å². The summed E-state index contributed by atoms with van der Waals surface area (Å²) in [5.41, 5.74) is 2.37. The van der Waals surface area contributed by atoms with Crippen LogP contribution in [0.3, 0.4) is 0 Å². The van der Waals surface area contributed by atoms with Gasteiger partial charge in [-0.2, -0.15) is 0 Å². The zero-order valence-corrected chi connectivity index (χ0v) is 10.9. The van der Waals surface area contributed by atoms with Crippen LogP contribution in [0.25, 0.3) is 0 Å². The number of hydrogen-bond acceptors (Lipinski definition) is 1. The van der Waals surface area contributed by atoms with E-state index in [9.17, 15) is 4.79 Å². The van der Waals surface area contributed by atoms with E-state index in [1.54, 1.807) is 5.57 Å². The smallest absolute Gasteiger partial charge is 0.120 e. The Morgan fingerprint density at radius 2 is 2.12 bits per heavy atom. The normalized spacial score (nSPS) is 37.4. The summed E-state index contributed by atoms with van der Waals surface area (Å²) in [5.74, 6) is 0.779. The second-order valence-electron chi connectivity index (χ2n) is 6.76. The maximum absolute atomic E-state index is 10.7. The van der Waals surface area contributed by atoms with E-state index in [0.29, 0.717) is 5.41 Å². The molecular formula is C15H24O. The molecule has 2 unspecified atom stereocenters. The molecule has 2 atom stereocenters. The highest BCUT2D eigenvalue weighted by Crippen LogP contribution is 2.53. The summed E-state index contributed by atoms with van der Waals surface area (Å²) in [7, 11) is 0. The highest BCUT2D eigenvalue weighted by molar-refractivity contribution is 5.51. The molecule has 0 radical (unpaired) electrons. The maximum Gasteiger partial charge on any atom is 0.120 e. The van der Waals surface area contributed by atoms with Crippen molar-refractivity contribution in [1.82, 2.24) is 0 Å². The first-order chi connectivity index (χ1) is 7.47. The zero-order valence-electron chi connectivity index (χ0n) is 10.9. The maximum atomic E-state index is 10.7. The van der Waals surface area contributed by atoms with Crippen molar-refractivity contribution in [3.8, 4) is 0 Å². The summed E-state index contributed by atoms with van der Waals surface area (Å²) in [6, 6.07) is 0. The van der Waals surface area contributed by atoms with Gasteiger partial charge in [0.05, 0.1) is 0 Å². The number of carbonyl (C=O) groups excluding carboxylic acids is 1. The van der Waals surface area contributed by atoms with E-state index in [-0.39, 0.29) is 5.41 Å². The van der Waals surface area contributed by atoms with E-state index in [0.717, 1.165) is 25.0 Å². The molecule has 90 valence electrons. The van der Waals surface area contributed by atoms with E-state index in [2.05, 4.69) is 26.8 Å². The number of rotatable bonds is 2. The first kappa shape index (κ1) is 11.9. The van der Waals surface area contributed by atoms with Gasteiger partial charge in [0.1, 0.15) is 6.29 Å². The van der Waals surface area contributed by atoms with Crippen molar-refractivity contribution in [2.45, 2.75) is 59.3 Å². The van der Waals surface area contributed by atoms with Crippen LogP contribution >= 0.6 is 0 Å². The van der Waals surface area contributed by atoms with E-state index in [1.165, 1.54) is 25.7 Å². The predicted octanol–water partition coefficient (Wildman–Crippen LogP) is 4.13. The first-order valence-electron chi connectivity index (χ1n) is 6.59. The van der Waals surface area contributed by atoms with Crippen LogP contribution in [0.15, 0.2) is 11.6 Å². The minimum atomic E-state index is 0.248. The van der Waals surface area contributed by atoms with Crippen LogP contribution in [0.5, 0.6) is 0 Å². The van der Waals surface area contributed by atoms with Crippen LogP contribution in [0.2, 0.25) is 0 Å². The molecule has 1 nitrogen and oxygen atoms in total. The van der Waals surface area contributed by atoms with Crippen molar-refractivity contribution >= 4 is 6.29 Å². The van der Waals surface area contributed by atoms with Gasteiger partial charge in [-0.15, -0.1) is 0 Å². The van der Waals surface area contributed by atoms with Crippen LogP contribution in [-0.2, 0) is 4.79 Å². The van der Waals surface area contributed by atoms with Crippen molar-refractivity contribution in [3.05, 3.63) is 11.6 Å². The molecule has 2 aliphatic rings. The molecule has 0 heterocycles. The third kappa shape index (κ3) is 2.09. The van der Waals surface area contributed by atoms with Gasteiger partial charge in [-0.25, -0.2) is 0 Å². The Kier molecular flexibility index (Phi) is 2.98. The largest absolute Gasteiger partial charge is 0.303 e. The summed E-state index contributed by atoms with van der Waals surface area (Å²) in [5, 5.41) is 0. The third-order valence-corrected chi connectivity index (χ3v) is 4.83. The number of allylic oxidation sites excluding steroid dienone is 2. The van der Waals surface area contributed by atoms with Crippen molar-refractivity contribution in [2.24, 2.45) is 16.7 Å². The predicted molar refractivity (Wildman–Crippen MR) is 67.2 cm³/mol. The molecule has 0 amide bonds. The van der Waals surface area contributed by atoms with Crippen molar-refractivity contribution in [1.29, 1.82) is 0 Å². The van der Waals surface area contributed by atoms with Crippen LogP contribution in [0.1, 0.15) is 59.3 Å². The van der Waals surface area contributed by atoms with Gasteiger partial charge in [0, 0.05) is 6.42 Å². The Hall–Kier alpha value is -0.590. The van der Waals surface area contributed by atoms with Gasteiger partial charge in [0.15, 0.2) is 0 Å². The van der Waals surface area contributed by atoms with Gasteiger partial charge in [-0.05, 0) is 48.9 Å². The topological polar surface area (TPSA) is 17.1 Å². The van der Waals surface area contributed by atoms with Gasteiger partial charge < -0.3 is 4.79 Å². The second-order valence-corrected chi connectivity index (χ2v) is 6.76. The van der Waals surface area contributed by atoms with Crippen LogP contribution in [-0.4, -0.2) is 6.29 Å². The second kappa shape index (κ2) is 4.01. The summed E-state index contributed by atoms with van der Waals surface area (Å²) < 4.78 is 0. The average Bonchev–Trinajstić information content (AvgIpc) is 2.16. The quantitative estimate of drug-likeness (QED) is 0.505. The molecule has 0 bridgehead atoms. The van der Waals surface area contributed by atoms with Gasteiger partial charge >= 0.3 is 0 Å². The fraction of sp³-hybridized carbons (Fsp3) is 0.800. The SMILES string of the molecule is CC1(CC=O)CCC2C(=CCCC2(C)C)C1. The van der Waals surface area contributed by atoms with Crippen LogP contribution in [0.4, 0.5) is 0 Å². The van der Waals surface area contributed by atoms with Crippen molar-refractivity contribution in [2.75, 3.05) is 0 Å². The Morgan fingerprint density at radius 3 is 2.81 bits per heavy atom. The number of fused-ring (bicyclic) bond motifs is 1. The first-order valence-corrected chi connectivity index (χ1v) is 6.59. The molecule has 2 rings (SSSR count). The molecule has 0 aromatic rings. The molecule has 1 heteroatoms. The minimum absolute atomic E-state index is 0.248. The molecule has 1 fully saturated rings. The van der Waals surface area contributed by atoms with Crippen molar-refractivity contribution in [3.63, 3.8) is 0 Å². The summed E-state index contributed by atoms with van der Waals surface area (Å²) in [4.78, 5) is 10.7. The molecule has 0 aromatic carbocycles. The lowest BCUT2D eigenvalue weighted by Gasteiger charge is -2.47. The molecule has 16 heavy (non-hydrogen) atoms. The summed E-state index contributed by atoms with van der Waals surface area (Å²) in [6.45, 7) is 7.10. The highest BCUT2D eigenvalue weighted by atomic mass is 16.1. The average molecular weight is 220 g/mol. The molecule has 1 saturated carbocycles. The lowest BCUT2D eigenvalue weighted by molar-refractivity contribution is -0.110. The number of carbonyl (C=O) groups is 1. The number of aldehydes is 1. The van der Waals surface area contributed by atoms with E-state index >= 15 is 0 Å². The zero-order chi connectivity index (χ0) is 11.8. The van der Waals surface area contributed by atoms with Crippen molar-refractivity contribution < 1.29 is 4.79 Å². The monoisotopic (exact) mass is 220 g/mol. The van der Waals surface area contributed by atoms with Gasteiger partial charge in [0.2, 0.25) is 0 Å². The third-order valence-electron chi connectivity index (χ3n) is 4.83. The Morgan fingerprint density at radius 1 is 1.38 bits per heavy atom. The Balaban J connectivity index is 2.17. The van der Waals surface area contributed by atoms with E-state index in [1.807, 2.05) is 0 Å². The van der Waals surface area contributed by atoms with Crippen LogP contribution < -0.4 is 0 Å². The summed E-state index contributed by atoms with van der Waals surface area (Å²) in [6.07, 6.45) is 10.5. The van der Waals surface area contributed by atoms with Gasteiger partial charge in [-0.3, -0.25) is 0 Å². The lowest BCUT2D eigenvalue weighted by Crippen LogP contribution is -2.36. The fourth-order valence-electron chi connectivity index (χ4n) is 3.67. The van der Waals surface area contributed by atoms with Crippen LogP contribution in [0, 0.1) is 16.7 Å². The fourth-order valence-corrected chi connectivity index (χ4v) is 3.67. The van der Waals surface area contributed by atoms with Gasteiger partial charge in [0.25, 0.3) is 0 Å². The molecule has 0 spiro atoms. The Labute approximate surface area is 99.3 Å². The Bertz CT molecular complexity index is 313. The molecule has 0 saturated heterocycles. The highest BCUT2D eigenvalue weighted by Gasteiger charge is 2.41. The van der Waals surface area contributed by atoms with Gasteiger partial charge in [-0.1, -0.05) is 32.4 Å². The molecule has 2 aliphatic carbocycles. The standard InChI is InChI=1S/C15H24O/c1-14(2)7-4-5-12-11-15(3,9-10-16)8-6-13(12)14/h5,10,13H,4,6-9,11H2,1-3H3. The lowest BCUT2D eigenvalue weighted by atomic mass is 9.58. The molecule has 0 aromatic heterocycles. The van der Waals surface area contributed by atoms with E-state index < -0.39 is 0 Å². The molecule has 0 aliphatic heterocycles. The molecular weight excluding hydrogens is 196 g/mol. The minimum Gasteiger partial charge on any atom is -0.303 e.